The zero-order valence-electron chi connectivity index (χ0n) is 15.7. The van der Waals surface area contributed by atoms with E-state index in [1.165, 1.54) is 0 Å². The van der Waals surface area contributed by atoms with Crippen LogP contribution in [0.5, 0.6) is 5.75 Å². The molecule has 2 aliphatic rings. The van der Waals surface area contributed by atoms with E-state index >= 15 is 0 Å². The number of benzene rings is 2. The minimum Gasteiger partial charge on any atom is -0.496 e. The lowest BCUT2D eigenvalue weighted by Crippen LogP contribution is -2.56. The van der Waals surface area contributed by atoms with E-state index in [1.54, 1.807) is 29.0 Å². The van der Waals surface area contributed by atoms with Crippen molar-refractivity contribution >= 4 is 28.3 Å². The largest absolute Gasteiger partial charge is 0.496 e. The van der Waals surface area contributed by atoms with Gasteiger partial charge in [-0.1, -0.05) is 30.3 Å². The van der Waals surface area contributed by atoms with Gasteiger partial charge in [0.05, 0.1) is 23.5 Å². The van der Waals surface area contributed by atoms with Crippen LogP contribution in [0.15, 0.2) is 54.6 Å². The van der Waals surface area contributed by atoms with Crippen molar-refractivity contribution in [3.8, 4) is 5.75 Å². The number of methoxy groups -OCH3 is 1. The van der Waals surface area contributed by atoms with Crippen LogP contribution in [0.2, 0.25) is 0 Å². The van der Waals surface area contributed by atoms with Crippen molar-refractivity contribution in [1.82, 2.24) is 4.90 Å². The molecule has 1 spiro atoms. The molecule has 0 aromatic heterocycles. The molecule has 0 aliphatic carbocycles. The van der Waals surface area contributed by atoms with Crippen molar-refractivity contribution < 1.29 is 18.5 Å². The van der Waals surface area contributed by atoms with E-state index in [2.05, 4.69) is 0 Å². The number of amides is 2. The van der Waals surface area contributed by atoms with Gasteiger partial charge in [0.15, 0.2) is 0 Å². The first kappa shape index (κ1) is 18.7. The highest BCUT2D eigenvalue weighted by molar-refractivity contribution is 7.88. The van der Waals surface area contributed by atoms with Crippen molar-refractivity contribution in [2.75, 3.05) is 30.9 Å². The normalized spacial score (nSPS) is 21.2. The zero-order chi connectivity index (χ0) is 19.7. The smallest absolute Gasteiger partial charge is 0.257 e. The maximum absolute atomic E-state index is 13.0. The Labute approximate surface area is 166 Å². The minimum atomic E-state index is -1.29. The topological polar surface area (TPSA) is 66.9 Å². The number of likely N-dealkylation sites (tertiary alicyclic amines) is 1. The van der Waals surface area contributed by atoms with Gasteiger partial charge in [-0.15, -0.1) is 0 Å². The average molecular weight is 398 g/mol. The van der Waals surface area contributed by atoms with E-state index in [-0.39, 0.29) is 17.6 Å². The fourth-order valence-corrected chi connectivity index (χ4v) is 5.77. The molecule has 2 heterocycles. The van der Waals surface area contributed by atoms with Gasteiger partial charge in [-0.3, -0.25) is 18.7 Å². The molecular formula is C21H22N2O4S. The molecule has 6 nitrogen and oxygen atoms in total. The third kappa shape index (κ3) is 2.99. The zero-order valence-corrected chi connectivity index (χ0v) is 16.5. The van der Waals surface area contributed by atoms with Crippen LogP contribution in [0.3, 0.4) is 0 Å². The Morgan fingerprint density at radius 2 is 1.68 bits per heavy atom. The fourth-order valence-electron chi connectivity index (χ4n) is 4.10. The Balaban J connectivity index is 1.57. The monoisotopic (exact) mass is 398 g/mol. The molecule has 0 saturated carbocycles. The number of carbonyl (C=O) groups excluding carboxylic acids is 2. The summed E-state index contributed by atoms with van der Waals surface area (Å²) in [6.45, 7) is 0.887. The SMILES string of the molecule is COc1ccccc1C(=O)N1CCC2(CC1)N(c1ccccc1)C(=O)CS2=O. The van der Waals surface area contributed by atoms with Crippen LogP contribution in [-0.2, 0) is 15.6 Å². The molecule has 2 aromatic rings. The summed E-state index contributed by atoms with van der Waals surface area (Å²) in [5.74, 6) is 0.357. The van der Waals surface area contributed by atoms with Crippen LogP contribution >= 0.6 is 0 Å². The second kappa shape index (κ2) is 7.39. The number of carbonyl (C=O) groups is 2. The van der Waals surface area contributed by atoms with Crippen molar-refractivity contribution in [3.05, 3.63) is 60.2 Å². The highest BCUT2D eigenvalue weighted by Gasteiger charge is 2.53. The lowest BCUT2D eigenvalue weighted by Gasteiger charge is -2.43. The first-order valence-corrected chi connectivity index (χ1v) is 10.6. The summed E-state index contributed by atoms with van der Waals surface area (Å²) in [7, 11) is 0.251. The number of piperidine rings is 1. The summed E-state index contributed by atoms with van der Waals surface area (Å²) >= 11 is 0. The van der Waals surface area contributed by atoms with E-state index in [4.69, 9.17) is 4.74 Å². The second-order valence-electron chi connectivity index (χ2n) is 6.99. The first-order valence-electron chi connectivity index (χ1n) is 9.26. The van der Waals surface area contributed by atoms with Crippen LogP contribution < -0.4 is 9.64 Å². The number of rotatable bonds is 3. The quantitative estimate of drug-likeness (QED) is 0.796. The Morgan fingerprint density at radius 3 is 2.36 bits per heavy atom. The molecule has 146 valence electrons. The summed E-state index contributed by atoms with van der Waals surface area (Å²) in [4.78, 5) is 28.3. The molecule has 4 rings (SSSR count). The van der Waals surface area contributed by atoms with Crippen LogP contribution in [0, 0.1) is 0 Å². The van der Waals surface area contributed by atoms with Crippen LogP contribution in [-0.4, -0.2) is 51.7 Å². The molecule has 1 atom stereocenters. The maximum Gasteiger partial charge on any atom is 0.257 e. The van der Waals surface area contributed by atoms with E-state index < -0.39 is 15.7 Å². The van der Waals surface area contributed by atoms with E-state index in [9.17, 15) is 13.8 Å². The number of para-hydroxylation sites is 2. The molecular weight excluding hydrogens is 376 g/mol. The summed E-state index contributed by atoms with van der Waals surface area (Å²) in [5, 5.41) is 0. The molecule has 7 heteroatoms. The number of ether oxygens (including phenoxy) is 1. The molecule has 0 radical (unpaired) electrons. The molecule has 2 fully saturated rings. The van der Waals surface area contributed by atoms with Gasteiger partial charge < -0.3 is 9.64 Å². The van der Waals surface area contributed by atoms with Crippen molar-refractivity contribution in [1.29, 1.82) is 0 Å². The average Bonchev–Trinajstić information content (AvgIpc) is 2.97. The summed E-state index contributed by atoms with van der Waals surface area (Å²) in [5.41, 5.74) is 1.28. The van der Waals surface area contributed by atoms with Crippen LogP contribution in [0.4, 0.5) is 5.69 Å². The third-order valence-electron chi connectivity index (χ3n) is 5.52. The molecule has 2 aliphatic heterocycles. The van der Waals surface area contributed by atoms with Gasteiger partial charge in [0.25, 0.3) is 5.91 Å². The van der Waals surface area contributed by atoms with Crippen molar-refractivity contribution in [2.24, 2.45) is 0 Å². The molecule has 28 heavy (non-hydrogen) atoms. The Kier molecular flexibility index (Phi) is 4.93. The van der Waals surface area contributed by atoms with Crippen LogP contribution in [0.25, 0.3) is 0 Å². The Morgan fingerprint density at radius 1 is 1.04 bits per heavy atom. The van der Waals surface area contributed by atoms with Gasteiger partial charge in [-0.2, -0.15) is 0 Å². The van der Waals surface area contributed by atoms with E-state index in [0.29, 0.717) is 37.2 Å². The summed E-state index contributed by atoms with van der Waals surface area (Å²) < 4.78 is 18.2. The highest BCUT2D eigenvalue weighted by atomic mass is 32.2. The molecule has 0 N–H and O–H groups in total. The Hall–Kier alpha value is -2.67. The predicted octanol–water partition coefficient (Wildman–Crippen LogP) is 2.42. The highest BCUT2D eigenvalue weighted by Crippen LogP contribution is 2.41. The second-order valence-corrected chi connectivity index (χ2v) is 8.73. The molecule has 2 amide bonds. The Bertz CT molecular complexity index is 923. The first-order chi connectivity index (χ1) is 13.6. The number of nitrogens with zero attached hydrogens (tertiary/aromatic N) is 2. The lowest BCUT2D eigenvalue weighted by atomic mass is 10.00. The maximum atomic E-state index is 13.0. The number of hydrogen-bond donors (Lipinski definition) is 0. The molecule has 2 saturated heterocycles. The minimum absolute atomic E-state index is 0.0371. The van der Waals surface area contributed by atoms with Gasteiger partial charge in [-0.25, -0.2) is 0 Å². The van der Waals surface area contributed by atoms with Crippen LogP contribution in [0.1, 0.15) is 23.2 Å². The van der Waals surface area contributed by atoms with Gasteiger partial charge in [0, 0.05) is 31.6 Å². The van der Waals surface area contributed by atoms with Gasteiger partial charge >= 0.3 is 0 Å². The van der Waals surface area contributed by atoms with Crippen molar-refractivity contribution in [3.63, 3.8) is 0 Å². The van der Waals surface area contributed by atoms with E-state index in [1.807, 2.05) is 42.5 Å². The number of anilines is 1. The van der Waals surface area contributed by atoms with Gasteiger partial charge in [0.2, 0.25) is 5.91 Å². The van der Waals surface area contributed by atoms with E-state index in [0.717, 1.165) is 5.69 Å². The van der Waals surface area contributed by atoms with Gasteiger partial charge in [-0.05, 0) is 24.3 Å². The number of hydrogen-bond acceptors (Lipinski definition) is 4. The summed E-state index contributed by atoms with van der Waals surface area (Å²) in [6, 6.07) is 16.5. The third-order valence-corrected chi connectivity index (χ3v) is 7.47. The standard InChI is InChI=1S/C21H22N2O4S/c1-27-18-10-6-5-9-17(18)20(25)22-13-11-21(12-14-22)23(19(24)15-28(21)26)16-7-3-2-4-8-16/h2-10H,11-15H2,1H3. The lowest BCUT2D eigenvalue weighted by molar-refractivity contribution is -0.116. The van der Waals surface area contributed by atoms with Crippen molar-refractivity contribution in [2.45, 2.75) is 17.7 Å². The fraction of sp³-hybridized carbons (Fsp3) is 0.333. The molecule has 0 bridgehead atoms. The predicted molar refractivity (Wildman–Crippen MR) is 108 cm³/mol. The molecule has 1 unspecified atom stereocenters. The summed E-state index contributed by atoms with van der Waals surface area (Å²) in [6.07, 6.45) is 0.974. The van der Waals surface area contributed by atoms with Gasteiger partial charge in [0.1, 0.15) is 16.4 Å². The molecule has 2 aromatic carbocycles.